The summed E-state index contributed by atoms with van der Waals surface area (Å²) in [5.74, 6) is 0.953. The average Bonchev–Trinajstić information content (AvgIpc) is 2.99. The second kappa shape index (κ2) is 6.16. The molecule has 1 aromatic carbocycles. The summed E-state index contributed by atoms with van der Waals surface area (Å²) in [5.41, 5.74) is 1.93. The second-order valence-electron chi connectivity index (χ2n) is 5.76. The van der Waals surface area contributed by atoms with Gasteiger partial charge in [-0.25, -0.2) is 8.42 Å². The van der Waals surface area contributed by atoms with E-state index in [1.165, 1.54) is 6.26 Å². The van der Waals surface area contributed by atoms with Crippen LogP contribution < -0.4 is 0 Å². The molecule has 0 atom stereocenters. The van der Waals surface area contributed by atoms with Crippen LogP contribution in [0.2, 0.25) is 0 Å². The Morgan fingerprint density at radius 3 is 2.74 bits per heavy atom. The summed E-state index contributed by atoms with van der Waals surface area (Å²) in [6.07, 6.45) is 4.54. The van der Waals surface area contributed by atoms with Crippen LogP contribution in [0.5, 0.6) is 0 Å². The van der Waals surface area contributed by atoms with Crippen molar-refractivity contribution in [2.75, 3.05) is 12.8 Å². The van der Waals surface area contributed by atoms with E-state index in [4.69, 9.17) is 4.52 Å². The summed E-state index contributed by atoms with van der Waals surface area (Å²) in [6, 6.07) is 6.69. The number of aryl methyl sites for hydroxylation is 1. The molecule has 3 rings (SSSR count). The Morgan fingerprint density at radius 2 is 2.04 bits per heavy atom. The fraction of sp³-hybridized carbons (Fsp3) is 0.375. The second-order valence-corrected chi connectivity index (χ2v) is 7.77. The Kier molecular flexibility index (Phi) is 4.21. The number of amides is 1. The van der Waals surface area contributed by atoms with Crippen molar-refractivity contribution in [1.82, 2.24) is 10.1 Å². The minimum absolute atomic E-state index is 0.0871. The van der Waals surface area contributed by atoms with Crippen LogP contribution in [0.25, 0.3) is 0 Å². The number of rotatable bonds is 4. The van der Waals surface area contributed by atoms with Crippen molar-refractivity contribution in [2.24, 2.45) is 0 Å². The highest BCUT2D eigenvalue weighted by molar-refractivity contribution is 7.90. The first-order valence-electron chi connectivity index (χ1n) is 7.43. The van der Waals surface area contributed by atoms with Gasteiger partial charge in [0.1, 0.15) is 5.76 Å². The Labute approximate surface area is 135 Å². The molecule has 0 bridgehead atoms. The van der Waals surface area contributed by atoms with E-state index in [0.717, 1.165) is 16.9 Å². The van der Waals surface area contributed by atoms with Gasteiger partial charge in [-0.1, -0.05) is 17.3 Å². The zero-order chi connectivity index (χ0) is 16.4. The summed E-state index contributed by atoms with van der Waals surface area (Å²) in [6.45, 7) is 1.19. The van der Waals surface area contributed by atoms with Crippen LogP contribution in [-0.4, -0.2) is 37.2 Å². The zero-order valence-corrected chi connectivity index (χ0v) is 13.7. The molecule has 0 N–H and O–H groups in total. The van der Waals surface area contributed by atoms with Crippen LogP contribution >= 0.6 is 0 Å². The van der Waals surface area contributed by atoms with E-state index in [2.05, 4.69) is 5.16 Å². The predicted molar refractivity (Wildman–Crippen MR) is 83.5 cm³/mol. The molecule has 1 amide bonds. The van der Waals surface area contributed by atoms with Crippen LogP contribution in [-0.2, 0) is 34.0 Å². The monoisotopic (exact) mass is 334 g/mol. The molecule has 0 spiro atoms. The maximum Gasteiger partial charge on any atom is 0.223 e. The van der Waals surface area contributed by atoms with Crippen molar-refractivity contribution < 1.29 is 17.7 Å². The molecule has 6 nitrogen and oxygen atoms in total. The number of carbonyl (C=O) groups is 1. The van der Waals surface area contributed by atoms with E-state index < -0.39 is 9.84 Å². The Bertz CT molecular complexity index is 809. The van der Waals surface area contributed by atoms with Gasteiger partial charge in [0.05, 0.1) is 17.6 Å². The van der Waals surface area contributed by atoms with Crippen LogP contribution in [0, 0.1) is 0 Å². The number of nitrogens with zero attached hydrogens (tertiary/aromatic N) is 2. The van der Waals surface area contributed by atoms with Crippen LogP contribution in [0.3, 0.4) is 0 Å². The summed E-state index contributed by atoms with van der Waals surface area (Å²) in [4.78, 5) is 14.4. The van der Waals surface area contributed by atoms with E-state index in [1.54, 1.807) is 30.5 Å². The summed E-state index contributed by atoms with van der Waals surface area (Å²) < 4.78 is 28.0. The molecular weight excluding hydrogens is 316 g/mol. The van der Waals surface area contributed by atoms with Gasteiger partial charge in [-0.15, -0.1) is 0 Å². The average molecular weight is 334 g/mol. The molecular formula is C16H18N2O4S. The van der Waals surface area contributed by atoms with Crippen molar-refractivity contribution in [3.63, 3.8) is 0 Å². The maximum absolute atomic E-state index is 12.3. The fourth-order valence-corrected chi connectivity index (χ4v) is 3.30. The van der Waals surface area contributed by atoms with Crippen molar-refractivity contribution >= 4 is 15.7 Å². The molecule has 0 aliphatic carbocycles. The van der Waals surface area contributed by atoms with Crippen LogP contribution in [0.1, 0.15) is 23.3 Å². The first kappa shape index (κ1) is 15.7. The van der Waals surface area contributed by atoms with Gasteiger partial charge in [-0.05, 0) is 24.1 Å². The molecule has 122 valence electrons. The zero-order valence-electron chi connectivity index (χ0n) is 12.9. The number of hydrogen-bond acceptors (Lipinski definition) is 5. The van der Waals surface area contributed by atoms with Crippen LogP contribution in [0.4, 0.5) is 0 Å². The minimum Gasteiger partial charge on any atom is -0.361 e. The molecule has 0 saturated carbocycles. The molecule has 1 aliphatic heterocycles. The third-order valence-electron chi connectivity index (χ3n) is 4.03. The van der Waals surface area contributed by atoms with Crippen molar-refractivity contribution in [2.45, 2.75) is 30.7 Å². The molecule has 1 aromatic heterocycles. The first-order chi connectivity index (χ1) is 10.9. The SMILES string of the molecule is CS(=O)(=O)c1ccc(CCC(=O)N2CCc3oncc3C2)cc1. The number of benzene rings is 1. The quantitative estimate of drug-likeness (QED) is 0.848. The number of aromatic nitrogens is 1. The lowest BCUT2D eigenvalue weighted by Crippen LogP contribution is -2.35. The van der Waals surface area contributed by atoms with Gasteiger partial charge in [0, 0.05) is 31.2 Å². The van der Waals surface area contributed by atoms with Gasteiger partial charge < -0.3 is 9.42 Å². The van der Waals surface area contributed by atoms with Gasteiger partial charge in [0.15, 0.2) is 9.84 Å². The molecule has 0 radical (unpaired) electrons. The third-order valence-corrected chi connectivity index (χ3v) is 5.16. The van der Waals surface area contributed by atoms with Gasteiger partial charge in [-0.3, -0.25) is 4.79 Å². The Balaban J connectivity index is 1.57. The molecule has 0 fully saturated rings. The summed E-state index contributed by atoms with van der Waals surface area (Å²) >= 11 is 0. The summed E-state index contributed by atoms with van der Waals surface area (Å²) in [5, 5.41) is 3.76. The lowest BCUT2D eigenvalue weighted by molar-refractivity contribution is -0.132. The smallest absolute Gasteiger partial charge is 0.223 e. The molecule has 2 heterocycles. The third kappa shape index (κ3) is 3.61. The van der Waals surface area contributed by atoms with Crippen LogP contribution in [0.15, 0.2) is 39.9 Å². The topological polar surface area (TPSA) is 80.5 Å². The molecule has 1 aliphatic rings. The first-order valence-corrected chi connectivity index (χ1v) is 9.32. The lowest BCUT2D eigenvalue weighted by atomic mass is 10.1. The Hall–Kier alpha value is -2.15. The fourth-order valence-electron chi connectivity index (χ4n) is 2.67. The molecule has 23 heavy (non-hydrogen) atoms. The van der Waals surface area contributed by atoms with Gasteiger partial charge in [0.2, 0.25) is 5.91 Å². The van der Waals surface area contributed by atoms with E-state index in [0.29, 0.717) is 37.2 Å². The van der Waals surface area contributed by atoms with Gasteiger partial charge in [-0.2, -0.15) is 0 Å². The largest absolute Gasteiger partial charge is 0.361 e. The highest BCUT2D eigenvalue weighted by Crippen LogP contribution is 2.19. The molecule has 0 unspecified atom stereocenters. The van der Waals surface area contributed by atoms with Crippen molar-refractivity contribution in [3.05, 3.63) is 47.3 Å². The summed E-state index contributed by atoms with van der Waals surface area (Å²) in [7, 11) is -3.18. The number of hydrogen-bond donors (Lipinski definition) is 0. The molecule has 7 heteroatoms. The molecule has 0 saturated heterocycles. The molecule has 2 aromatic rings. The Morgan fingerprint density at radius 1 is 1.30 bits per heavy atom. The lowest BCUT2D eigenvalue weighted by Gasteiger charge is -2.25. The van der Waals surface area contributed by atoms with E-state index in [-0.39, 0.29) is 5.91 Å². The highest BCUT2D eigenvalue weighted by Gasteiger charge is 2.23. The standard InChI is InChI=1S/C16H18N2O4S/c1-23(20,21)14-5-2-12(3-6-14)4-7-16(19)18-9-8-15-13(11-18)10-17-22-15/h2-3,5-6,10H,4,7-9,11H2,1H3. The van der Waals surface area contributed by atoms with Gasteiger partial charge in [0.25, 0.3) is 0 Å². The van der Waals surface area contributed by atoms with E-state index in [9.17, 15) is 13.2 Å². The number of carbonyl (C=O) groups excluding carboxylic acids is 1. The van der Waals surface area contributed by atoms with Gasteiger partial charge >= 0.3 is 0 Å². The number of fused-ring (bicyclic) bond motifs is 1. The normalized spacial score (nSPS) is 14.6. The highest BCUT2D eigenvalue weighted by atomic mass is 32.2. The van der Waals surface area contributed by atoms with E-state index >= 15 is 0 Å². The predicted octanol–water partition coefficient (Wildman–Crippen LogP) is 1.60. The van der Waals surface area contributed by atoms with Crippen molar-refractivity contribution in [3.8, 4) is 0 Å². The number of sulfone groups is 1. The van der Waals surface area contributed by atoms with E-state index in [1.807, 2.05) is 4.90 Å². The minimum atomic E-state index is -3.18. The maximum atomic E-state index is 12.3. The van der Waals surface area contributed by atoms with Crippen molar-refractivity contribution in [1.29, 1.82) is 0 Å².